The van der Waals surface area contributed by atoms with E-state index in [4.69, 9.17) is 5.73 Å². The van der Waals surface area contributed by atoms with Gasteiger partial charge >= 0.3 is 6.03 Å². The molecule has 0 radical (unpaired) electrons. The van der Waals surface area contributed by atoms with Crippen molar-refractivity contribution in [3.8, 4) is 0 Å². The first-order valence-electron chi connectivity index (χ1n) is 6.86. The number of amides is 2. The second-order valence-corrected chi connectivity index (χ2v) is 6.35. The predicted molar refractivity (Wildman–Crippen MR) is 66.4 cm³/mol. The lowest BCUT2D eigenvalue weighted by Crippen LogP contribution is -2.67. The van der Waals surface area contributed by atoms with Gasteiger partial charge in [-0.15, -0.1) is 0 Å². The molecule has 17 heavy (non-hydrogen) atoms. The summed E-state index contributed by atoms with van der Waals surface area (Å²) in [5, 5.41) is 5.53. The molecule has 0 saturated heterocycles. The molecule has 2 amide bonds. The summed E-state index contributed by atoms with van der Waals surface area (Å²) < 4.78 is 0. The Hall–Kier alpha value is -0.770. The topological polar surface area (TPSA) is 67.2 Å². The fourth-order valence-corrected chi connectivity index (χ4v) is 4.67. The number of nitrogens with two attached hydrogens (primary N) is 1. The molecule has 0 atom stereocenters. The number of hydrogen-bond acceptors (Lipinski definition) is 2. The number of urea groups is 1. The Labute approximate surface area is 103 Å². The molecule has 96 valence electrons. The van der Waals surface area contributed by atoms with Crippen LogP contribution in [0, 0.1) is 23.7 Å². The highest BCUT2D eigenvalue weighted by Crippen LogP contribution is 2.57. The van der Waals surface area contributed by atoms with Gasteiger partial charge in [-0.05, 0) is 55.8 Å². The molecule has 4 fully saturated rings. The van der Waals surface area contributed by atoms with Crippen molar-refractivity contribution in [2.24, 2.45) is 29.4 Å². The third-order valence-corrected chi connectivity index (χ3v) is 5.44. The van der Waals surface area contributed by atoms with Crippen molar-refractivity contribution < 1.29 is 4.79 Å². The summed E-state index contributed by atoms with van der Waals surface area (Å²) in [7, 11) is 1.65. The molecule has 4 rings (SSSR count). The van der Waals surface area contributed by atoms with Crippen molar-refractivity contribution in [3.63, 3.8) is 0 Å². The number of carbonyl (C=O) groups is 1. The quantitative estimate of drug-likeness (QED) is 0.672. The zero-order valence-corrected chi connectivity index (χ0v) is 10.5. The van der Waals surface area contributed by atoms with Gasteiger partial charge < -0.3 is 16.4 Å². The molecule has 4 N–H and O–H groups in total. The molecule has 0 heterocycles. The first-order valence-corrected chi connectivity index (χ1v) is 6.86. The normalized spacial score (nSPS) is 46.9. The first-order chi connectivity index (χ1) is 8.11. The maximum Gasteiger partial charge on any atom is 0.314 e. The molecular weight excluding hydrogens is 214 g/mol. The van der Waals surface area contributed by atoms with Gasteiger partial charge in [-0.2, -0.15) is 0 Å². The molecule has 4 aliphatic rings. The van der Waals surface area contributed by atoms with Crippen LogP contribution in [0.1, 0.15) is 32.1 Å². The van der Waals surface area contributed by atoms with Crippen molar-refractivity contribution in [2.45, 2.75) is 37.6 Å². The van der Waals surface area contributed by atoms with Crippen LogP contribution in [0.2, 0.25) is 0 Å². The van der Waals surface area contributed by atoms with Crippen LogP contribution in [-0.2, 0) is 0 Å². The lowest BCUT2D eigenvalue weighted by atomic mass is 9.49. The molecule has 4 heteroatoms. The Morgan fingerprint density at radius 2 is 1.71 bits per heavy atom. The molecule has 0 aromatic heterocycles. The Balaban J connectivity index is 1.71. The van der Waals surface area contributed by atoms with Gasteiger partial charge in [0.25, 0.3) is 0 Å². The molecule has 4 aliphatic carbocycles. The number of rotatable bonds is 2. The van der Waals surface area contributed by atoms with Crippen LogP contribution in [0.4, 0.5) is 4.79 Å². The van der Waals surface area contributed by atoms with Gasteiger partial charge in [0.15, 0.2) is 0 Å². The summed E-state index contributed by atoms with van der Waals surface area (Å²) in [5.74, 6) is 3.12. The molecule has 0 aliphatic heterocycles. The van der Waals surface area contributed by atoms with Crippen LogP contribution >= 0.6 is 0 Å². The van der Waals surface area contributed by atoms with Crippen molar-refractivity contribution in [2.75, 3.05) is 13.6 Å². The monoisotopic (exact) mass is 237 g/mol. The van der Waals surface area contributed by atoms with E-state index < -0.39 is 0 Å². The maximum atomic E-state index is 11.3. The average Bonchev–Trinajstić information content (AvgIpc) is 2.32. The van der Waals surface area contributed by atoms with Crippen LogP contribution in [-0.4, -0.2) is 25.2 Å². The summed E-state index contributed by atoms with van der Waals surface area (Å²) in [4.78, 5) is 11.3. The summed E-state index contributed by atoms with van der Waals surface area (Å²) >= 11 is 0. The van der Waals surface area contributed by atoms with E-state index in [9.17, 15) is 4.79 Å². The van der Waals surface area contributed by atoms with Gasteiger partial charge in [0.2, 0.25) is 0 Å². The molecule has 0 spiro atoms. The summed E-state index contributed by atoms with van der Waals surface area (Å²) in [6.45, 7) is 0.640. The third kappa shape index (κ3) is 1.73. The van der Waals surface area contributed by atoms with E-state index in [1.165, 1.54) is 32.1 Å². The highest BCUT2D eigenvalue weighted by atomic mass is 16.2. The van der Waals surface area contributed by atoms with Gasteiger partial charge in [0.1, 0.15) is 0 Å². The van der Waals surface area contributed by atoms with Crippen molar-refractivity contribution in [1.82, 2.24) is 10.6 Å². The number of nitrogens with one attached hydrogen (secondary N) is 2. The number of carbonyl (C=O) groups excluding carboxylic acids is 1. The maximum absolute atomic E-state index is 11.3. The highest BCUT2D eigenvalue weighted by Gasteiger charge is 2.55. The molecule has 4 nitrogen and oxygen atoms in total. The highest BCUT2D eigenvalue weighted by molar-refractivity contribution is 5.73. The third-order valence-electron chi connectivity index (χ3n) is 5.44. The minimum atomic E-state index is -0.139. The van der Waals surface area contributed by atoms with Crippen LogP contribution in [0.5, 0.6) is 0 Å². The van der Waals surface area contributed by atoms with E-state index in [0.717, 1.165) is 11.8 Å². The molecule has 0 unspecified atom stereocenters. The SMILES string of the molecule is CNC(=O)NCC1(N)C2CC3CC(C2)CC1C3. The summed E-state index contributed by atoms with van der Waals surface area (Å²) in [5.41, 5.74) is 6.51. The van der Waals surface area contributed by atoms with Gasteiger partial charge in [0, 0.05) is 19.1 Å². The van der Waals surface area contributed by atoms with Crippen LogP contribution in [0.25, 0.3) is 0 Å². The van der Waals surface area contributed by atoms with Gasteiger partial charge in [-0.1, -0.05) is 0 Å². The van der Waals surface area contributed by atoms with E-state index in [1.807, 2.05) is 0 Å². The average molecular weight is 237 g/mol. The van der Waals surface area contributed by atoms with Crippen molar-refractivity contribution >= 4 is 6.03 Å². The van der Waals surface area contributed by atoms with Crippen LogP contribution < -0.4 is 16.4 Å². The standard InChI is InChI=1S/C13H23N3O/c1-15-12(17)16-7-13(14)10-3-8-2-9(5-10)6-11(13)4-8/h8-11H,2-7,14H2,1H3,(H2,15,16,17). The van der Waals surface area contributed by atoms with Crippen LogP contribution in [0.3, 0.4) is 0 Å². The summed E-state index contributed by atoms with van der Waals surface area (Å²) in [6, 6.07) is -0.108. The minimum absolute atomic E-state index is 0.108. The minimum Gasteiger partial charge on any atom is -0.341 e. The van der Waals surface area contributed by atoms with E-state index in [-0.39, 0.29) is 11.6 Å². The van der Waals surface area contributed by atoms with E-state index in [1.54, 1.807) is 7.05 Å². The van der Waals surface area contributed by atoms with Crippen LogP contribution in [0.15, 0.2) is 0 Å². The van der Waals surface area contributed by atoms with Crippen molar-refractivity contribution in [3.05, 3.63) is 0 Å². The van der Waals surface area contributed by atoms with Gasteiger partial charge in [-0.3, -0.25) is 0 Å². The molecule has 4 saturated carbocycles. The zero-order valence-electron chi connectivity index (χ0n) is 10.5. The molecule has 0 aromatic rings. The van der Waals surface area contributed by atoms with Crippen molar-refractivity contribution in [1.29, 1.82) is 0 Å². The smallest absolute Gasteiger partial charge is 0.314 e. The largest absolute Gasteiger partial charge is 0.341 e. The Kier molecular flexibility index (Phi) is 2.58. The van der Waals surface area contributed by atoms with E-state index in [0.29, 0.717) is 18.4 Å². The van der Waals surface area contributed by atoms with E-state index >= 15 is 0 Å². The second kappa shape index (κ2) is 3.87. The molecule has 0 aromatic carbocycles. The Morgan fingerprint density at radius 1 is 1.18 bits per heavy atom. The Morgan fingerprint density at radius 3 is 2.18 bits per heavy atom. The second-order valence-electron chi connectivity index (χ2n) is 6.35. The molecular formula is C13H23N3O. The van der Waals surface area contributed by atoms with Gasteiger partial charge in [0.05, 0.1) is 0 Å². The molecule has 4 bridgehead atoms. The predicted octanol–water partition coefficient (Wildman–Crippen LogP) is 1.07. The van der Waals surface area contributed by atoms with E-state index in [2.05, 4.69) is 10.6 Å². The Bertz CT molecular complexity index is 301. The lowest BCUT2D eigenvalue weighted by molar-refractivity contribution is -0.0529. The first kappa shape index (κ1) is 11.3. The lowest BCUT2D eigenvalue weighted by Gasteiger charge is -2.59. The van der Waals surface area contributed by atoms with Gasteiger partial charge in [-0.25, -0.2) is 4.79 Å². The number of hydrogen-bond donors (Lipinski definition) is 3. The fourth-order valence-electron chi connectivity index (χ4n) is 4.67. The zero-order chi connectivity index (χ0) is 12.0. The summed E-state index contributed by atoms with van der Waals surface area (Å²) in [6.07, 6.45) is 6.60. The fraction of sp³-hybridized carbons (Fsp3) is 0.923.